The highest BCUT2D eigenvalue weighted by Gasteiger charge is 2.18. The Morgan fingerprint density at radius 2 is 2.35 bits per heavy atom. The van der Waals surface area contributed by atoms with Crippen molar-refractivity contribution in [1.82, 2.24) is 14.9 Å². The number of methoxy groups -OCH3 is 1. The van der Waals surface area contributed by atoms with Crippen LogP contribution in [0.2, 0.25) is 5.02 Å². The number of amides is 1. The van der Waals surface area contributed by atoms with Gasteiger partial charge in [-0.2, -0.15) is 0 Å². The maximum atomic E-state index is 12.1. The number of H-pyrrole nitrogens is 1. The Morgan fingerprint density at radius 1 is 1.60 bits per heavy atom. The van der Waals surface area contributed by atoms with Gasteiger partial charge in [-0.15, -0.1) is 0 Å². The molecule has 0 spiro atoms. The smallest absolute Gasteiger partial charge is 0.242 e. The zero-order chi connectivity index (χ0) is 14.7. The van der Waals surface area contributed by atoms with Crippen molar-refractivity contribution >= 4 is 40.8 Å². The summed E-state index contributed by atoms with van der Waals surface area (Å²) in [6, 6.07) is 5.00. The first-order valence-corrected chi connectivity index (χ1v) is 6.99. The number of nitrogens with zero attached hydrogens (tertiary/aromatic N) is 1. The van der Waals surface area contributed by atoms with Gasteiger partial charge >= 0.3 is 0 Å². The van der Waals surface area contributed by atoms with Crippen molar-refractivity contribution in [2.75, 3.05) is 20.3 Å². The molecule has 108 valence electrons. The van der Waals surface area contributed by atoms with Crippen molar-refractivity contribution in [2.45, 2.75) is 13.0 Å². The fourth-order valence-corrected chi connectivity index (χ4v) is 2.55. The maximum Gasteiger partial charge on any atom is 0.242 e. The van der Waals surface area contributed by atoms with Crippen LogP contribution in [0.5, 0.6) is 0 Å². The molecule has 2 rings (SSSR count). The highest BCUT2D eigenvalue weighted by molar-refractivity contribution is 7.71. The second-order valence-corrected chi connectivity index (χ2v) is 5.24. The summed E-state index contributed by atoms with van der Waals surface area (Å²) >= 11 is 11.3. The minimum atomic E-state index is -0.424. The molecular weight excluding hydrogens is 298 g/mol. The second kappa shape index (κ2) is 6.39. The molecule has 1 heterocycles. The topological polar surface area (TPSA) is 59.0 Å². The number of imidazole rings is 1. The molecule has 1 aromatic heterocycles. The van der Waals surface area contributed by atoms with E-state index in [-0.39, 0.29) is 5.91 Å². The van der Waals surface area contributed by atoms with Crippen LogP contribution in [0.3, 0.4) is 0 Å². The Balaban J connectivity index is 2.31. The molecule has 5 nitrogen and oxygen atoms in total. The van der Waals surface area contributed by atoms with Crippen LogP contribution >= 0.6 is 23.8 Å². The lowest BCUT2D eigenvalue weighted by molar-refractivity contribution is -0.124. The summed E-state index contributed by atoms with van der Waals surface area (Å²) < 4.78 is 7.17. The Morgan fingerprint density at radius 3 is 3.05 bits per heavy atom. The summed E-state index contributed by atoms with van der Waals surface area (Å²) in [6.07, 6.45) is 0. The third-order valence-electron chi connectivity index (χ3n) is 3.05. The van der Waals surface area contributed by atoms with Crippen molar-refractivity contribution in [2.24, 2.45) is 0 Å². The lowest BCUT2D eigenvalue weighted by Crippen LogP contribution is -2.33. The van der Waals surface area contributed by atoms with Crippen LogP contribution in [0.15, 0.2) is 18.2 Å². The third-order valence-corrected chi connectivity index (χ3v) is 3.59. The number of benzene rings is 1. The van der Waals surface area contributed by atoms with Gasteiger partial charge in [-0.25, -0.2) is 0 Å². The zero-order valence-electron chi connectivity index (χ0n) is 11.3. The third kappa shape index (κ3) is 3.03. The molecule has 0 saturated carbocycles. The van der Waals surface area contributed by atoms with Crippen molar-refractivity contribution in [3.05, 3.63) is 28.0 Å². The number of carbonyl (C=O) groups is 1. The Bertz CT molecular complexity index is 680. The molecule has 0 aliphatic carbocycles. The van der Waals surface area contributed by atoms with Gasteiger partial charge in [-0.3, -0.25) is 4.79 Å². The van der Waals surface area contributed by atoms with Crippen LogP contribution in [-0.2, 0) is 9.53 Å². The molecule has 0 aliphatic rings. The van der Waals surface area contributed by atoms with Crippen molar-refractivity contribution in [3.63, 3.8) is 0 Å². The quantitative estimate of drug-likeness (QED) is 0.659. The van der Waals surface area contributed by atoms with E-state index >= 15 is 0 Å². The van der Waals surface area contributed by atoms with Crippen molar-refractivity contribution < 1.29 is 9.53 Å². The average molecular weight is 314 g/mol. The predicted molar refractivity (Wildman–Crippen MR) is 81.7 cm³/mol. The van der Waals surface area contributed by atoms with Gasteiger partial charge in [0.15, 0.2) is 4.77 Å². The molecule has 2 N–H and O–H groups in total. The number of halogens is 1. The molecule has 2 aromatic rings. The van der Waals surface area contributed by atoms with Gasteiger partial charge in [0.1, 0.15) is 6.04 Å². The van der Waals surface area contributed by atoms with E-state index in [1.165, 1.54) is 0 Å². The van der Waals surface area contributed by atoms with Crippen LogP contribution in [0.4, 0.5) is 0 Å². The minimum Gasteiger partial charge on any atom is -0.383 e. The Hall–Kier alpha value is -1.37. The number of rotatable bonds is 5. The normalized spacial score (nSPS) is 12.6. The molecule has 0 fully saturated rings. The minimum absolute atomic E-state index is 0.112. The van der Waals surface area contributed by atoms with E-state index in [4.69, 9.17) is 28.6 Å². The summed E-state index contributed by atoms with van der Waals surface area (Å²) in [5, 5.41) is 3.40. The first-order valence-electron chi connectivity index (χ1n) is 6.21. The fourth-order valence-electron chi connectivity index (χ4n) is 2.02. The summed E-state index contributed by atoms with van der Waals surface area (Å²) in [5.74, 6) is -0.112. The first kappa shape index (κ1) is 15.0. The lowest BCUT2D eigenvalue weighted by atomic mass is 10.2. The van der Waals surface area contributed by atoms with Crippen LogP contribution < -0.4 is 5.32 Å². The number of aromatic amines is 1. The van der Waals surface area contributed by atoms with Gasteiger partial charge in [0.25, 0.3) is 0 Å². The van der Waals surface area contributed by atoms with Gasteiger partial charge in [-0.05, 0) is 37.3 Å². The van der Waals surface area contributed by atoms with Gasteiger partial charge in [0.05, 0.1) is 17.6 Å². The molecule has 1 amide bonds. The number of carbonyl (C=O) groups excluding carboxylic acids is 1. The largest absolute Gasteiger partial charge is 0.383 e. The van der Waals surface area contributed by atoms with E-state index in [1.807, 2.05) is 6.07 Å². The van der Waals surface area contributed by atoms with Gasteiger partial charge in [0.2, 0.25) is 5.91 Å². The molecule has 0 bridgehead atoms. The molecule has 7 heteroatoms. The molecule has 20 heavy (non-hydrogen) atoms. The highest BCUT2D eigenvalue weighted by Crippen LogP contribution is 2.22. The number of fused-ring (bicyclic) bond motifs is 1. The highest BCUT2D eigenvalue weighted by atomic mass is 35.5. The van der Waals surface area contributed by atoms with Crippen LogP contribution in [0.1, 0.15) is 13.0 Å². The van der Waals surface area contributed by atoms with Gasteiger partial charge in [0, 0.05) is 18.7 Å². The second-order valence-electron chi connectivity index (χ2n) is 4.42. The van der Waals surface area contributed by atoms with E-state index in [9.17, 15) is 4.79 Å². The van der Waals surface area contributed by atoms with Crippen LogP contribution in [0.25, 0.3) is 11.0 Å². The Labute approximate surface area is 126 Å². The van der Waals surface area contributed by atoms with Gasteiger partial charge < -0.3 is 19.6 Å². The summed E-state index contributed by atoms with van der Waals surface area (Å²) in [7, 11) is 1.59. The summed E-state index contributed by atoms with van der Waals surface area (Å²) in [5.41, 5.74) is 1.67. The van der Waals surface area contributed by atoms with Crippen molar-refractivity contribution in [3.8, 4) is 0 Å². The standard InChI is InChI=1S/C13H16ClN3O2S/c1-8(12(18)15-5-6-19-2)17-11-7-9(14)3-4-10(11)16-13(17)20/h3-4,7-8H,5-6H2,1-2H3,(H,15,18)(H,16,20). The van der Waals surface area contributed by atoms with E-state index < -0.39 is 6.04 Å². The van der Waals surface area contributed by atoms with E-state index in [0.29, 0.717) is 22.9 Å². The molecule has 0 aliphatic heterocycles. The van der Waals surface area contributed by atoms with E-state index in [0.717, 1.165) is 11.0 Å². The monoisotopic (exact) mass is 313 g/mol. The van der Waals surface area contributed by atoms with Gasteiger partial charge in [-0.1, -0.05) is 11.6 Å². The van der Waals surface area contributed by atoms with Crippen LogP contribution in [0, 0.1) is 4.77 Å². The number of aromatic nitrogens is 2. The number of hydrogen-bond donors (Lipinski definition) is 2. The van der Waals surface area contributed by atoms with E-state index in [1.54, 1.807) is 30.7 Å². The number of ether oxygens (including phenoxy) is 1. The number of nitrogens with one attached hydrogen (secondary N) is 2. The van der Waals surface area contributed by atoms with Crippen LogP contribution in [-0.4, -0.2) is 35.7 Å². The summed E-state index contributed by atoms with van der Waals surface area (Å²) in [6.45, 7) is 2.74. The summed E-state index contributed by atoms with van der Waals surface area (Å²) in [4.78, 5) is 15.2. The lowest BCUT2D eigenvalue weighted by Gasteiger charge is -2.14. The molecule has 0 radical (unpaired) electrons. The molecule has 1 aromatic carbocycles. The van der Waals surface area contributed by atoms with E-state index in [2.05, 4.69) is 10.3 Å². The van der Waals surface area contributed by atoms with Crippen molar-refractivity contribution in [1.29, 1.82) is 0 Å². The SMILES string of the molecule is COCCNC(=O)C(C)n1c(=S)[nH]c2ccc(Cl)cc21. The Kier molecular flexibility index (Phi) is 4.80. The first-order chi connectivity index (χ1) is 9.54. The fraction of sp³-hybridized carbons (Fsp3) is 0.385. The molecule has 0 saturated heterocycles. The number of hydrogen-bond acceptors (Lipinski definition) is 3. The molecule has 1 unspecified atom stereocenters. The zero-order valence-corrected chi connectivity index (χ0v) is 12.8. The molecule has 1 atom stereocenters. The average Bonchev–Trinajstić information content (AvgIpc) is 2.73. The molecular formula is C13H16ClN3O2S. The predicted octanol–water partition coefficient (Wildman–Crippen LogP) is 2.68. The maximum absolute atomic E-state index is 12.1.